The summed E-state index contributed by atoms with van der Waals surface area (Å²) in [5.74, 6) is 0.776. The van der Waals surface area contributed by atoms with Crippen molar-refractivity contribution in [3.63, 3.8) is 0 Å². The Morgan fingerprint density at radius 1 is 1.41 bits per heavy atom. The highest BCUT2D eigenvalue weighted by Crippen LogP contribution is 2.26. The Labute approximate surface area is 111 Å². The molecule has 0 heterocycles. The van der Waals surface area contributed by atoms with Crippen molar-refractivity contribution in [1.29, 1.82) is 0 Å². The van der Waals surface area contributed by atoms with Crippen LogP contribution in [-0.2, 0) is 6.54 Å². The smallest absolute Gasteiger partial charge is 0.133 e. The fraction of sp³-hybridized carbons (Fsp3) is 0.538. The van der Waals surface area contributed by atoms with Gasteiger partial charge in [-0.05, 0) is 46.6 Å². The normalized spacial score (nSPS) is 12.5. The van der Waals surface area contributed by atoms with Crippen molar-refractivity contribution in [3.8, 4) is 5.75 Å². The summed E-state index contributed by atoms with van der Waals surface area (Å²) in [4.78, 5) is 0. The number of nitrogens with one attached hydrogen (secondary N) is 1. The van der Waals surface area contributed by atoms with E-state index in [4.69, 9.17) is 4.74 Å². The number of rotatable bonds is 7. The van der Waals surface area contributed by atoms with E-state index in [1.54, 1.807) is 0 Å². The summed E-state index contributed by atoms with van der Waals surface area (Å²) in [5.41, 5.74) is 1.21. The highest BCUT2D eigenvalue weighted by atomic mass is 79.9. The number of hydrogen-bond donors (Lipinski definition) is 2. The largest absolute Gasteiger partial charge is 0.490 e. The summed E-state index contributed by atoms with van der Waals surface area (Å²) in [7, 11) is 0. The molecular weight excluding hydrogens is 282 g/mol. The zero-order valence-electron chi connectivity index (χ0n) is 10.4. The average molecular weight is 302 g/mol. The number of hydrogen-bond acceptors (Lipinski definition) is 3. The van der Waals surface area contributed by atoms with E-state index >= 15 is 0 Å². The second-order valence-electron chi connectivity index (χ2n) is 3.92. The molecule has 1 unspecified atom stereocenters. The van der Waals surface area contributed by atoms with E-state index in [0.29, 0.717) is 13.0 Å². The van der Waals surface area contributed by atoms with Crippen LogP contribution < -0.4 is 10.1 Å². The second-order valence-corrected chi connectivity index (χ2v) is 4.77. The maximum absolute atomic E-state index is 9.43. The first-order valence-electron chi connectivity index (χ1n) is 5.97. The summed E-state index contributed by atoms with van der Waals surface area (Å²) < 4.78 is 6.46. The lowest BCUT2D eigenvalue weighted by Crippen LogP contribution is -2.16. The first-order chi connectivity index (χ1) is 8.17. The van der Waals surface area contributed by atoms with E-state index in [1.165, 1.54) is 5.56 Å². The molecule has 3 nitrogen and oxygen atoms in total. The third-order valence-corrected chi connectivity index (χ3v) is 3.10. The van der Waals surface area contributed by atoms with Crippen molar-refractivity contribution in [2.24, 2.45) is 0 Å². The van der Waals surface area contributed by atoms with E-state index in [-0.39, 0.29) is 0 Å². The molecule has 0 aromatic heterocycles. The van der Waals surface area contributed by atoms with Gasteiger partial charge in [0, 0.05) is 6.54 Å². The van der Waals surface area contributed by atoms with E-state index in [0.717, 1.165) is 23.3 Å². The summed E-state index contributed by atoms with van der Waals surface area (Å²) in [6, 6.07) is 6.00. The van der Waals surface area contributed by atoms with Gasteiger partial charge in [-0.25, -0.2) is 0 Å². The van der Waals surface area contributed by atoms with Crippen LogP contribution in [0.5, 0.6) is 5.75 Å². The quantitative estimate of drug-likeness (QED) is 0.814. The van der Waals surface area contributed by atoms with E-state index in [1.807, 2.05) is 25.1 Å². The summed E-state index contributed by atoms with van der Waals surface area (Å²) in [6.07, 6.45) is 0.305. The molecule has 4 heteroatoms. The molecule has 1 aromatic rings. The molecule has 0 aliphatic heterocycles. The van der Waals surface area contributed by atoms with Crippen LogP contribution in [0.3, 0.4) is 0 Å². The molecular formula is C13H20BrNO2. The van der Waals surface area contributed by atoms with Crippen LogP contribution in [0.2, 0.25) is 0 Å². The third-order valence-electron chi connectivity index (χ3n) is 2.48. The zero-order chi connectivity index (χ0) is 12.7. The molecule has 17 heavy (non-hydrogen) atoms. The molecule has 0 fully saturated rings. The van der Waals surface area contributed by atoms with Crippen LogP contribution >= 0.6 is 15.9 Å². The molecule has 0 bridgehead atoms. The van der Waals surface area contributed by atoms with Gasteiger partial charge in [0.15, 0.2) is 0 Å². The van der Waals surface area contributed by atoms with Crippen LogP contribution in [-0.4, -0.2) is 24.4 Å². The van der Waals surface area contributed by atoms with Crippen molar-refractivity contribution in [1.82, 2.24) is 5.32 Å². The number of ether oxygens (including phenoxy) is 1. The van der Waals surface area contributed by atoms with Crippen molar-refractivity contribution in [2.75, 3.05) is 13.2 Å². The molecule has 0 aliphatic rings. The van der Waals surface area contributed by atoms with E-state index in [2.05, 4.69) is 28.2 Å². The molecule has 2 N–H and O–H groups in total. The summed E-state index contributed by atoms with van der Waals surface area (Å²) >= 11 is 3.48. The van der Waals surface area contributed by atoms with Gasteiger partial charge in [-0.15, -0.1) is 0 Å². The van der Waals surface area contributed by atoms with Crippen LogP contribution in [0.15, 0.2) is 22.7 Å². The fourth-order valence-electron chi connectivity index (χ4n) is 1.34. The lowest BCUT2D eigenvalue weighted by atomic mass is 10.2. The lowest BCUT2D eigenvalue weighted by Gasteiger charge is -2.12. The first kappa shape index (κ1) is 14.5. The van der Waals surface area contributed by atoms with Crippen molar-refractivity contribution in [3.05, 3.63) is 28.2 Å². The first-order valence-corrected chi connectivity index (χ1v) is 6.76. The predicted molar refractivity (Wildman–Crippen MR) is 73.3 cm³/mol. The molecule has 0 saturated heterocycles. The number of halogens is 1. The van der Waals surface area contributed by atoms with Gasteiger partial charge in [-0.2, -0.15) is 0 Å². The molecule has 1 aromatic carbocycles. The van der Waals surface area contributed by atoms with E-state index in [9.17, 15) is 5.11 Å². The average Bonchev–Trinajstić information content (AvgIpc) is 2.34. The number of benzene rings is 1. The molecule has 0 saturated carbocycles. The second kappa shape index (κ2) is 7.69. The Kier molecular flexibility index (Phi) is 6.55. The van der Waals surface area contributed by atoms with Gasteiger partial charge < -0.3 is 15.2 Å². The standard InChI is InChI=1S/C13H20BrNO2/c1-3-11(16)9-17-13-6-5-10(7-12(13)14)8-15-4-2/h5-7,11,15-16H,3-4,8-9H2,1-2H3. The van der Waals surface area contributed by atoms with Crippen LogP contribution in [0, 0.1) is 0 Å². The lowest BCUT2D eigenvalue weighted by molar-refractivity contribution is 0.104. The van der Waals surface area contributed by atoms with Gasteiger partial charge in [0.2, 0.25) is 0 Å². The highest BCUT2D eigenvalue weighted by molar-refractivity contribution is 9.10. The minimum absolute atomic E-state index is 0.335. The maximum Gasteiger partial charge on any atom is 0.133 e. The van der Waals surface area contributed by atoms with Gasteiger partial charge >= 0.3 is 0 Å². The molecule has 0 spiro atoms. The Morgan fingerprint density at radius 2 is 2.18 bits per heavy atom. The topological polar surface area (TPSA) is 41.5 Å². The van der Waals surface area contributed by atoms with Gasteiger partial charge in [0.05, 0.1) is 10.6 Å². The minimum atomic E-state index is -0.400. The third kappa shape index (κ3) is 5.06. The predicted octanol–water partition coefficient (Wildman–Crippen LogP) is 2.71. The number of aliphatic hydroxyl groups is 1. The summed E-state index contributed by atoms with van der Waals surface area (Å²) in [5, 5.41) is 12.7. The molecule has 1 atom stereocenters. The molecule has 96 valence electrons. The van der Waals surface area contributed by atoms with Crippen LogP contribution in [0.1, 0.15) is 25.8 Å². The van der Waals surface area contributed by atoms with Crippen molar-refractivity contribution < 1.29 is 9.84 Å². The van der Waals surface area contributed by atoms with E-state index < -0.39 is 6.10 Å². The highest BCUT2D eigenvalue weighted by Gasteiger charge is 2.06. The van der Waals surface area contributed by atoms with Gasteiger partial charge in [-0.3, -0.25) is 0 Å². The minimum Gasteiger partial charge on any atom is -0.490 e. The Balaban J connectivity index is 2.56. The van der Waals surface area contributed by atoms with Gasteiger partial charge in [-0.1, -0.05) is 19.9 Å². The molecule has 0 aliphatic carbocycles. The van der Waals surface area contributed by atoms with Crippen molar-refractivity contribution in [2.45, 2.75) is 32.9 Å². The maximum atomic E-state index is 9.43. The SMILES string of the molecule is CCNCc1ccc(OCC(O)CC)c(Br)c1. The van der Waals surface area contributed by atoms with Crippen LogP contribution in [0.25, 0.3) is 0 Å². The molecule has 0 amide bonds. The Morgan fingerprint density at radius 3 is 2.76 bits per heavy atom. The van der Waals surface area contributed by atoms with Gasteiger partial charge in [0.1, 0.15) is 12.4 Å². The van der Waals surface area contributed by atoms with Crippen LogP contribution in [0.4, 0.5) is 0 Å². The monoisotopic (exact) mass is 301 g/mol. The molecule has 1 rings (SSSR count). The summed E-state index contributed by atoms with van der Waals surface area (Å²) in [6.45, 7) is 6.16. The number of aliphatic hydroxyl groups excluding tert-OH is 1. The molecule has 0 radical (unpaired) electrons. The Hall–Kier alpha value is -0.580. The zero-order valence-corrected chi connectivity index (χ0v) is 12.0. The van der Waals surface area contributed by atoms with Crippen molar-refractivity contribution >= 4 is 15.9 Å². The fourth-order valence-corrected chi connectivity index (χ4v) is 1.89. The van der Waals surface area contributed by atoms with Gasteiger partial charge in [0.25, 0.3) is 0 Å². The Bertz CT molecular complexity index is 344.